The maximum Gasteiger partial charge on any atom is 0.220 e. The summed E-state index contributed by atoms with van der Waals surface area (Å²) in [7, 11) is 0. The Kier molecular flexibility index (Phi) is 5.07. The number of hydrogen-bond acceptors (Lipinski definition) is 3. The summed E-state index contributed by atoms with van der Waals surface area (Å²) >= 11 is 1.61. The monoisotopic (exact) mass is 287 g/mol. The molecule has 0 spiro atoms. The lowest BCUT2D eigenvalue weighted by Gasteiger charge is -2.11. The lowest BCUT2D eigenvalue weighted by Crippen LogP contribution is -2.26. The van der Waals surface area contributed by atoms with Crippen LogP contribution < -0.4 is 5.32 Å². The molecule has 20 heavy (non-hydrogen) atoms. The summed E-state index contributed by atoms with van der Waals surface area (Å²) in [6, 6.07) is 13.0. The molecule has 104 valence electrons. The van der Waals surface area contributed by atoms with E-state index in [2.05, 4.69) is 5.32 Å². The van der Waals surface area contributed by atoms with Gasteiger partial charge in [0.1, 0.15) is 0 Å². The summed E-state index contributed by atoms with van der Waals surface area (Å²) in [6.07, 6.45) is 0.469. The fourth-order valence-electron chi connectivity index (χ4n) is 1.92. The highest BCUT2D eigenvalue weighted by Crippen LogP contribution is 2.18. The Morgan fingerprint density at radius 3 is 2.50 bits per heavy atom. The van der Waals surface area contributed by atoms with Crippen molar-refractivity contribution in [2.45, 2.75) is 25.8 Å². The van der Waals surface area contributed by atoms with E-state index in [1.54, 1.807) is 23.5 Å². The van der Waals surface area contributed by atoms with Crippen LogP contribution in [0.4, 0.5) is 0 Å². The molecule has 0 bridgehead atoms. The number of thiophene rings is 1. The van der Waals surface area contributed by atoms with E-state index in [-0.39, 0.29) is 30.6 Å². The third-order valence-corrected chi connectivity index (χ3v) is 4.08. The second-order valence-corrected chi connectivity index (χ2v) is 5.57. The summed E-state index contributed by atoms with van der Waals surface area (Å²) in [5, 5.41) is 4.89. The van der Waals surface area contributed by atoms with Gasteiger partial charge >= 0.3 is 0 Å². The Morgan fingerprint density at radius 2 is 1.85 bits per heavy atom. The molecule has 0 saturated carbocycles. The molecule has 0 saturated heterocycles. The van der Waals surface area contributed by atoms with Gasteiger partial charge < -0.3 is 5.32 Å². The lowest BCUT2D eigenvalue weighted by atomic mass is 10.1. The first kappa shape index (κ1) is 14.5. The van der Waals surface area contributed by atoms with E-state index in [0.29, 0.717) is 5.56 Å². The zero-order valence-corrected chi connectivity index (χ0v) is 12.2. The Morgan fingerprint density at radius 1 is 1.10 bits per heavy atom. The first-order chi connectivity index (χ1) is 9.66. The van der Waals surface area contributed by atoms with Crippen LogP contribution in [0.1, 0.15) is 41.0 Å². The quantitative estimate of drug-likeness (QED) is 0.825. The van der Waals surface area contributed by atoms with E-state index < -0.39 is 0 Å². The molecule has 4 heteroatoms. The van der Waals surface area contributed by atoms with Crippen molar-refractivity contribution < 1.29 is 9.59 Å². The van der Waals surface area contributed by atoms with Crippen molar-refractivity contribution in [2.75, 3.05) is 0 Å². The highest BCUT2D eigenvalue weighted by atomic mass is 32.1. The Bertz CT molecular complexity index is 563. The van der Waals surface area contributed by atoms with Crippen LogP contribution in [0.15, 0.2) is 47.8 Å². The van der Waals surface area contributed by atoms with Gasteiger partial charge in [-0.25, -0.2) is 0 Å². The van der Waals surface area contributed by atoms with Gasteiger partial charge in [-0.1, -0.05) is 36.4 Å². The number of rotatable bonds is 6. The molecular weight excluding hydrogens is 270 g/mol. The maximum atomic E-state index is 11.9. The predicted octanol–water partition coefficient (Wildman–Crippen LogP) is 3.59. The van der Waals surface area contributed by atoms with Gasteiger partial charge in [0.15, 0.2) is 5.78 Å². The second kappa shape index (κ2) is 7.01. The second-order valence-electron chi connectivity index (χ2n) is 4.59. The molecule has 2 rings (SSSR count). The summed E-state index contributed by atoms with van der Waals surface area (Å²) in [6.45, 7) is 1.95. The van der Waals surface area contributed by atoms with Crippen LogP contribution in [-0.4, -0.2) is 11.7 Å². The van der Waals surface area contributed by atoms with E-state index in [4.69, 9.17) is 0 Å². The number of ketones is 1. The average molecular weight is 287 g/mol. The summed E-state index contributed by atoms with van der Waals surface area (Å²) < 4.78 is 0. The van der Waals surface area contributed by atoms with E-state index >= 15 is 0 Å². The molecule has 0 radical (unpaired) electrons. The van der Waals surface area contributed by atoms with Crippen LogP contribution in [0.3, 0.4) is 0 Å². The summed E-state index contributed by atoms with van der Waals surface area (Å²) in [5.41, 5.74) is 0.659. The van der Waals surface area contributed by atoms with Gasteiger partial charge in [-0.15, -0.1) is 11.3 Å². The van der Waals surface area contributed by atoms with Crippen LogP contribution in [0, 0.1) is 0 Å². The number of carbonyl (C=O) groups is 2. The first-order valence-electron chi connectivity index (χ1n) is 6.58. The topological polar surface area (TPSA) is 46.2 Å². The lowest BCUT2D eigenvalue weighted by molar-refractivity contribution is -0.121. The number of Topliss-reactive ketones (excluding diaryl/α,β-unsaturated/α-hetero) is 1. The zero-order valence-electron chi connectivity index (χ0n) is 11.3. The minimum absolute atomic E-state index is 0.00419. The van der Waals surface area contributed by atoms with Crippen molar-refractivity contribution in [1.82, 2.24) is 5.32 Å². The van der Waals surface area contributed by atoms with Crippen LogP contribution >= 0.6 is 11.3 Å². The zero-order chi connectivity index (χ0) is 14.4. The van der Waals surface area contributed by atoms with Gasteiger partial charge in [0.25, 0.3) is 0 Å². The molecule has 0 aliphatic carbocycles. The smallest absolute Gasteiger partial charge is 0.220 e. The largest absolute Gasteiger partial charge is 0.349 e. The Labute approximate surface area is 122 Å². The third kappa shape index (κ3) is 4.03. The normalized spacial score (nSPS) is 11.8. The molecule has 1 amide bonds. The molecule has 0 fully saturated rings. The van der Waals surface area contributed by atoms with Crippen LogP contribution in [0.2, 0.25) is 0 Å². The minimum Gasteiger partial charge on any atom is -0.349 e. The highest BCUT2D eigenvalue weighted by molar-refractivity contribution is 7.10. The first-order valence-corrected chi connectivity index (χ1v) is 7.46. The number of nitrogens with one attached hydrogen (secondary N) is 1. The molecular formula is C16H17NO2S. The number of hydrogen-bond donors (Lipinski definition) is 1. The van der Waals surface area contributed by atoms with Crippen molar-refractivity contribution >= 4 is 23.0 Å². The average Bonchev–Trinajstić information content (AvgIpc) is 3.00. The molecule has 1 N–H and O–H groups in total. The van der Waals surface area contributed by atoms with Crippen LogP contribution in [0.25, 0.3) is 0 Å². The van der Waals surface area contributed by atoms with Crippen molar-refractivity contribution in [3.8, 4) is 0 Å². The Hall–Kier alpha value is -1.94. The van der Waals surface area contributed by atoms with Crippen molar-refractivity contribution in [3.05, 3.63) is 58.3 Å². The fourth-order valence-corrected chi connectivity index (χ4v) is 2.65. The van der Waals surface area contributed by atoms with Crippen molar-refractivity contribution in [1.29, 1.82) is 0 Å². The standard InChI is InChI=1S/C16H17NO2S/c1-12(15-8-5-11-20-15)17-16(19)10-9-14(18)13-6-3-2-4-7-13/h2-8,11-12H,9-10H2,1H3,(H,17,19). The number of benzene rings is 1. The van der Waals surface area contributed by atoms with Crippen molar-refractivity contribution in [3.63, 3.8) is 0 Å². The SMILES string of the molecule is CC(NC(=O)CCC(=O)c1ccccc1)c1cccs1. The minimum atomic E-state index is -0.0878. The van der Waals surface area contributed by atoms with E-state index in [0.717, 1.165) is 4.88 Å². The van der Waals surface area contributed by atoms with Gasteiger partial charge in [-0.05, 0) is 18.4 Å². The third-order valence-electron chi connectivity index (χ3n) is 3.02. The van der Waals surface area contributed by atoms with Gasteiger partial charge in [-0.3, -0.25) is 9.59 Å². The van der Waals surface area contributed by atoms with E-state index in [1.807, 2.05) is 42.6 Å². The molecule has 3 nitrogen and oxygen atoms in total. The number of amides is 1. The molecule has 0 aliphatic rings. The van der Waals surface area contributed by atoms with E-state index in [1.165, 1.54) is 0 Å². The molecule has 1 unspecified atom stereocenters. The van der Waals surface area contributed by atoms with Crippen LogP contribution in [0.5, 0.6) is 0 Å². The molecule has 2 aromatic rings. The van der Waals surface area contributed by atoms with Gasteiger partial charge in [0, 0.05) is 23.3 Å². The van der Waals surface area contributed by atoms with Crippen molar-refractivity contribution in [2.24, 2.45) is 0 Å². The van der Waals surface area contributed by atoms with Gasteiger partial charge in [-0.2, -0.15) is 0 Å². The van der Waals surface area contributed by atoms with Gasteiger partial charge in [0.2, 0.25) is 5.91 Å². The summed E-state index contributed by atoms with van der Waals surface area (Å²) in [5.74, 6) is -0.0836. The molecule has 1 aromatic heterocycles. The Balaban J connectivity index is 1.79. The predicted molar refractivity (Wildman–Crippen MR) is 80.9 cm³/mol. The molecule has 1 heterocycles. The molecule has 0 aliphatic heterocycles. The van der Waals surface area contributed by atoms with E-state index in [9.17, 15) is 9.59 Å². The van der Waals surface area contributed by atoms with Gasteiger partial charge in [0.05, 0.1) is 6.04 Å². The molecule has 1 aromatic carbocycles. The highest BCUT2D eigenvalue weighted by Gasteiger charge is 2.12. The fraction of sp³-hybridized carbons (Fsp3) is 0.250. The molecule has 1 atom stereocenters. The number of carbonyl (C=O) groups excluding carboxylic acids is 2. The maximum absolute atomic E-state index is 11.9. The van der Waals surface area contributed by atoms with Crippen LogP contribution in [-0.2, 0) is 4.79 Å². The summed E-state index contributed by atoms with van der Waals surface area (Å²) in [4.78, 5) is 24.8.